The van der Waals surface area contributed by atoms with Gasteiger partial charge in [0.1, 0.15) is 13.2 Å². The van der Waals surface area contributed by atoms with Gasteiger partial charge in [-0.3, -0.25) is 14.4 Å². The fourth-order valence-electron chi connectivity index (χ4n) is 7.54. The monoisotopic (exact) mass is 907 g/mol. The molecule has 0 heterocycles. The minimum atomic E-state index is -0.800. The summed E-state index contributed by atoms with van der Waals surface area (Å²) in [4.78, 5) is 38.1. The fourth-order valence-corrected chi connectivity index (χ4v) is 7.54. The standard InChI is InChI=1S/C59H102O6/c1-4-7-10-13-16-19-22-25-28-29-32-34-37-40-43-46-49-52-58(61)64-55-56(65-59(62)53-50-47-44-41-38-35-31-27-24-21-18-15-12-9-6-3)54-63-57(60)51-48-45-42-39-36-33-30-26-23-20-17-14-11-8-5-2/h9,12,18,20-21,23,25,27-28,31,38,41,56H,4-8,10-11,13-17,19,22,24,26,29-30,32-37,39-40,42-55H2,1-3H3/b12-9-,21-18-,23-20-,28-25-,31-27-,41-38-/t56-/m0/s1. The molecule has 0 amide bonds. The molecule has 0 fully saturated rings. The van der Waals surface area contributed by atoms with E-state index in [-0.39, 0.29) is 37.5 Å². The molecule has 0 saturated heterocycles. The fraction of sp³-hybridized carbons (Fsp3) is 0.746. The highest BCUT2D eigenvalue weighted by atomic mass is 16.6. The molecule has 0 aromatic heterocycles. The lowest BCUT2D eigenvalue weighted by molar-refractivity contribution is -0.167. The van der Waals surface area contributed by atoms with E-state index in [1.165, 1.54) is 141 Å². The molecule has 374 valence electrons. The first-order valence-electron chi connectivity index (χ1n) is 27.4. The normalized spacial score (nSPS) is 12.6. The number of carbonyl (C=O) groups excluding carboxylic acids is 3. The molecule has 65 heavy (non-hydrogen) atoms. The summed E-state index contributed by atoms with van der Waals surface area (Å²) in [6, 6.07) is 0. The van der Waals surface area contributed by atoms with Crippen LogP contribution in [0.25, 0.3) is 0 Å². The van der Waals surface area contributed by atoms with Crippen LogP contribution in [0.4, 0.5) is 0 Å². The summed E-state index contributed by atoms with van der Waals surface area (Å²) in [6.45, 7) is 6.48. The Morgan fingerprint density at radius 1 is 0.323 bits per heavy atom. The number of unbranched alkanes of at least 4 members (excludes halogenated alkanes) is 26. The van der Waals surface area contributed by atoms with Crippen molar-refractivity contribution in [2.75, 3.05) is 13.2 Å². The maximum atomic E-state index is 12.8. The van der Waals surface area contributed by atoms with Crippen LogP contribution in [0.2, 0.25) is 0 Å². The van der Waals surface area contributed by atoms with Crippen LogP contribution in [0.1, 0.15) is 265 Å². The van der Waals surface area contributed by atoms with Gasteiger partial charge in [-0.15, -0.1) is 0 Å². The Balaban J connectivity index is 4.44. The van der Waals surface area contributed by atoms with E-state index in [1.54, 1.807) is 0 Å². The van der Waals surface area contributed by atoms with Gasteiger partial charge in [-0.25, -0.2) is 0 Å². The van der Waals surface area contributed by atoms with Gasteiger partial charge < -0.3 is 14.2 Å². The third kappa shape index (κ3) is 51.7. The van der Waals surface area contributed by atoms with Crippen molar-refractivity contribution < 1.29 is 28.6 Å². The van der Waals surface area contributed by atoms with Crippen LogP contribution >= 0.6 is 0 Å². The van der Waals surface area contributed by atoms with Crippen molar-refractivity contribution in [2.45, 2.75) is 271 Å². The van der Waals surface area contributed by atoms with E-state index < -0.39 is 6.10 Å². The van der Waals surface area contributed by atoms with E-state index in [9.17, 15) is 14.4 Å². The minimum Gasteiger partial charge on any atom is -0.462 e. The SMILES string of the molecule is CC/C=C\C/C=C\C/C=C\C/C=C\CCCCC(=O)O[C@@H](COC(=O)CCCCCCCCC/C=C\CCCCCC)COC(=O)CCCCCCCCC/C=C\CCCCCCCC. The first-order valence-corrected chi connectivity index (χ1v) is 27.4. The zero-order valence-corrected chi connectivity index (χ0v) is 42.7. The second-order valence-electron chi connectivity index (χ2n) is 18.1. The Hall–Kier alpha value is -3.15. The summed E-state index contributed by atoms with van der Waals surface area (Å²) >= 11 is 0. The highest BCUT2D eigenvalue weighted by Gasteiger charge is 2.19. The summed E-state index contributed by atoms with van der Waals surface area (Å²) in [5, 5.41) is 0. The number of esters is 3. The van der Waals surface area contributed by atoms with E-state index in [1.807, 2.05) is 0 Å². The molecule has 0 rings (SSSR count). The first kappa shape index (κ1) is 61.9. The highest BCUT2D eigenvalue weighted by molar-refractivity contribution is 5.71. The number of carbonyl (C=O) groups is 3. The molecular formula is C59H102O6. The molecule has 0 aliphatic carbocycles. The molecule has 6 heteroatoms. The molecular weight excluding hydrogens is 805 g/mol. The predicted octanol–water partition coefficient (Wildman–Crippen LogP) is 18.2. The van der Waals surface area contributed by atoms with Crippen LogP contribution in [0.15, 0.2) is 72.9 Å². The van der Waals surface area contributed by atoms with Crippen LogP contribution < -0.4 is 0 Å². The summed E-state index contributed by atoms with van der Waals surface area (Å²) < 4.78 is 16.8. The zero-order valence-electron chi connectivity index (χ0n) is 42.7. The lowest BCUT2D eigenvalue weighted by Crippen LogP contribution is -2.30. The van der Waals surface area contributed by atoms with Gasteiger partial charge in [0, 0.05) is 19.3 Å². The second kappa shape index (κ2) is 53.5. The number of ether oxygens (including phenoxy) is 3. The third-order valence-electron chi connectivity index (χ3n) is 11.7. The van der Waals surface area contributed by atoms with Crippen molar-refractivity contribution in [3.8, 4) is 0 Å². The van der Waals surface area contributed by atoms with Gasteiger partial charge in [0.15, 0.2) is 6.10 Å². The molecule has 0 bridgehead atoms. The van der Waals surface area contributed by atoms with Gasteiger partial charge in [-0.05, 0) is 109 Å². The van der Waals surface area contributed by atoms with Gasteiger partial charge >= 0.3 is 17.9 Å². The number of rotatable bonds is 49. The van der Waals surface area contributed by atoms with Gasteiger partial charge in [-0.1, -0.05) is 209 Å². The Morgan fingerprint density at radius 2 is 0.600 bits per heavy atom. The maximum absolute atomic E-state index is 12.8. The lowest BCUT2D eigenvalue weighted by atomic mass is 10.1. The summed E-state index contributed by atoms with van der Waals surface area (Å²) in [7, 11) is 0. The van der Waals surface area contributed by atoms with Gasteiger partial charge in [0.2, 0.25) is 0 Å². The topological polar surface area (TPSA) is 78.9 Å². The molecule has 0 saturated carbocycles. The molecule has 0 radical (unpaired) electrons. The quantitative estimate of drug-likeness (QED) is 0.0262. The number of hydrogen-bond donors (Lipinski definition) is 0. The van der Waals surface area contributed by atoms with Crippen molar-refractivity contribution in [1.82, 2.24) is 0 Å². The van der Waals surface area contributed by atoms with Crippen LogP contribution in [0.5, 0.6) is 0 Å². The Labute approximate surface area is 402 Å². The molecule has 0 spiro atoms. The molecule has 0 aliphatic rings. The molecule has 0 aromatic rings. The Morgan fingerprint density at radius 3 is 1.00 bits per heavy atom. The smallest absolute Gasteiger partial charge is 0.306 e. The van der Waals surface area contributed by atoms with E-state index >= 15 is 0 Å². The lowest BCUT2D eigenvalue weighted by Gasteiger charge is -2.18. The van der Waals surface area contributed by atoms with Gasteiger partial charge in [0.25, 0.3) is 0 Å². The van der Waals surface area contributed by atoms with E-state index in [4.69, 9.17) is 14.2 Å². The van der Waals surface area contributed by atoms with E-state index in [0.29, 0.717) is 19.3 Å². The van der Waals surface area contributed by atoms with Crippen molar-refractivity contribution in [2.24, 2.45) is 0 Å². The third-order valence-corrected chi connectivity index (χ3v) is 11.7. The Bertz CT molecular complexity index is 1230. The molecule has 0 N–H and O–H groups in total. The first-order chi connectivity index (χ1) is 32.0. The summed E-state index contributed by atoms with van der Waals surface area (Å²) in [5.41, 5.74) is 0. The van der Waals surface area contributed by atoms with E-state index in [2.05, 4.69) is 93.7 Å². The average Bonchev–Trinajstić information content (AvgIpc) is 3.30. The van der Waals surface area contributed by atoms with Crippen molar-refractivity contribution in [1.29, 1.82) is 0 Å². The predicted molar refractivity (Wildman–Crippen MR) is 279 cm³/mol. The van der Waals surface area contributed by atoms with Crippen molar-refractivity contribution in [3.05, 3.63) is 72.9 Å². The highest BCUT2D eigenvalue weighted by Crippen LogP contribution is 2.14. The maximum Gasteiger partial charge on any atom is 0.306 e. The zero-order chi connectivity index (χ0) is 47.2. The molecule has 0 aliphatic heterocycles. The van der Waals surface area contributed by atoms with Crippen LogP contribution in [0.3, 0.4) is 0 Å². The van der Waals surface area contributed by atoms with Gasteiger partial charge in [-0.2, -0.15) is 0 Å². The number of hydrogen-bond acceptors (Lipinski definition) is 6. The molecule has 0 aromatic carbocycles. The molecule has 0 unspecified atom stereocenters. The van der Waals surface area contributed by atoms with Gasteiger partial charge in [0.05, 0.1) is 0 Å². The Kier molecular flexibility index (Phi) is 50.9. The minimum absolute atomic E-state index is 0.0953. The molecule has 1 atom stereocenters. The van der Waals surface area contributed by atoms with Crippen LogP contribution in [0, 0.1) is 0 Å². The van der Waals surface area contributed by atoms with Crippen molar-refractivity contribution >= 4 is 17.9 Å². The van der Waals surface area contributed by atoms with E-state index in [0.717, 1.165) is 77.0 Å². The molecule has 6 nitrogen and oxygen atoms in total. The summed E-state index contributed by atoms with van der Waals surface area (Å²) in [5.74, 6) is -0.941. The number of allylic oxidation sites excluding steroid dienone is 12. The van der Waals surface area contributed by atoms with Crippen molar-refractivity contribution in [3.63, 3.8) is 0 Å². The van der Waals surface area contributed by atoms with Crippen LogP contribution in [-0.4, -0.2) is 37.2 Å². The largest absolute Gasteiger partial charge is 0.462 e. The van der Waals surface area contributed by atoms with Crippen LogP contribution in [-0.2, 0) is 28.6 Å². The summed E-state index contributed by atoms with van der Waals surface area (Å²) in [6.07, 6.45) is 67.4. The average molecular weight is 907 g/mol. The second-order valence-corrected chi connectivity index (χ2v) is 18.1.